The van der Waals surface area contributed by atoms with Crippen LogP contribution in [0.15, 0.2) is 23.7 Å². The summed E-state index contributed by atoms with van der Waals surface area (Å²) in [5, 5.41) is 10.3. The highest BCUT2D eigenvalue weighted by Crippen LogP contribution is 2.41. The lowest BCUT2D eigenvalue weighted by molar-refractivity contribution is 0.417. The summed E-state index contributed by atoms with van der Waals surface area (Å²) >= 11 is 1.90. The van der Waals surface area contributed by atoms with E-state index in [4.69, 9.17) is 0 Å². The fourth-order valence-electron chi connectivity index (χ4n) is 3.02. The van der Waals surface area contributed by atoms with Gasteiger partial charge in [0, 0.05) is 24.0 Å². The van der Waals surface area contributed by atoms with Crippen LogP contribution < -0.4 is 5.32 Å². The van der Waals surface area contributed by atoms with Crippen molar-refractivity contribution in [1.29, 1.82) is 0 Å². The zero-order valence-electron chi connectivity index (χ0n) is 10.9. The summed E-state index contributed by atoms with van der Waals surface area (Å²) in [5.41, 5.74) is 2.69. The van der Waals surface area contributed by atoms with Crippen LogP contribution in [0.5, 0.6) is 0 Å². The Hall–Kier alpha value is -1.13. The Kier molecular flexibility index (Phi) is 3.22. The van der Waals surface area contributed by atoms with E-state index in [2.05, 4.69) is 27.9 Å². The zero-order chi connectivity index (χ0) is 12.5. The molecule has 4 heteroatoms. The fourth-order valence-corrected chi connectivity index (χ4v) is 4.02. The Morgan fingerprint density at radius 2 is 2.39 bits per heavy atom. The van der Waals surface area contributed by atoms with Crippen LogP contribution in [0.1, 0.15) is 40.9 Å². The molecule has 18 heavy (non-hydrogen) atoms. The van der Waals surface area contributed by atoms with Crippen molar-refractivity contribution in [2.45, 2.75) is 31.2 Å². The number of hydrogen-bond donors (Lipinski definition) is 1. The molecular weight excluding hydrogens is 242 g/mol. The standard InChI is InChI=1S/C14H19N3S/c1-15-14(12-6-8-17(2)16-12)11-4-3-5-13-10(11)7-9-18-13/h6-9,11,14-15H,3-5H2,1-2H3. The minimum absolute atomic E-state index is 0.333. The van der Waals surface area contributed by atoms with Gasteiger partial charge in [0.2, 0.25) is 0 Å². The normalized spacial score (nSPS) is 20.7. The first kappa shape index (κ1) is 11.9. The molecule has 2 aromatic rings. The highest BCUT2D eigenvalue weighted by Gasteiger charge is 2.29. The molecule has 0 aliphatic heterocycles. The van der Waals surface area contributed by atoms with Gasteiger partial charge in [-0.05, 0) is 49.4 Å². The van der Waals surface area contributed by atoms with Crippen molar-refractivity contribution in [1.82, 2.24) is 15.1 Å². The number of aryl methyl sites for hydroxylation is 2. The zero-order valence-corrected chi connectivity index (χ0v) is 11.7. The van der Waals surface area contributed by atoms with Gasteiger partial charge in [0.05, 0.1) is 11.7 Å². The van der Waals surface area contributed by atoms with E-state index in [1.807, 2.05) is 36.3 Å². The Labute approximate surface area is 112 Å². The molecule has 0 spiro atoms. The molecule has 3 rings (SSSR count). The molecule has 1 N–H and O–H groups in total. The van der Waals surface area contributed by atoms with Gasteiger partial charge in [-0.3, -0.25) is 4.68 Å². The molecule has 0 aromatic carbocycles. The van der Waals surface area contributed by atoms with Crippen molar-refractivity contribution in [2.75, 3.05) is 7.05 Å². The minimum atomic E-state index is 0.333. The number of fused-ring (bicyclic) bond motifs is 1. The van der Waals surface area contributed by atoms with Crippen molar-refractivity contribution in [2.24, 2.45) is 7.05 Å². The van der Waals surface area contributed by atoms with E-state index in [0.717, 1.165) is 5.69 Å². The van der Waals surface area contributed by atoms with Gasteiger partial charge in [-0.2, -0.15) is 5.10 Å². The number of thiophene rings is 1. The molecule has 0 fully saturated rings. The predicted octanol–water partition coefficient (Wildman–Crippen LogP) is 2.86. The van der Waals surface area contributed by atoms with E-state index >= 15 is 0 Å². The minimum Gasteiger partial charge on any atom is -0.311 e. The SMILES string of the molecule is CNC(c1ccn(C)n1)C1CCCc2sccc21. The first-order valence-corrected chi connectivity index (χ1v) is 7.40. The smallest absolute Gasteiger partial charge is 0.0800 e. The summed E-state index contributed by atoms with van der Waals surface area (Å²) in [7, 11) is 4.02. The highest BCUT2D eigenvalue weighted by molar-refractivity contribution is 7.10. The van der Waals surface area contributed by atoms with Crippen LogP contribution in [0.25, 0.3) is 0 Å². The maximum Gasteiger partial charge on any atom is 0.0800 e. The second kappa shape index (κ2) is 4.86. The van der Waals surface area contributed by atoms with Gasteiger partial charge in [-0.1, -0.05) is 0 Å². The summed E-state index contributed by atoms with van der Waals surface area (Å²) in [6, 6.07) is 4.76. The Bertz CT molecular complexity index is 529. The van der Waals surface area contributed by atoms with Gasteiger partial charge >= 0.3 is 0 Å². The monoisotopic (exact) mass is 261 g/mol. The summed E-state index contributed by atoms with van der Waals surface area (Å²) in [6.45, 7) is 0. The van der Waals surface area contributed by atoms with Crippen molar-refractivity contribution >= 4 is 11.3 Å². The maximum atomic E-state index is 4.57. The van der Waals surface area contributed by atoms with Crippen molar-refractivity contribution in [3.05, 3.63) is 39.8 Å². The van der Waals surface area contributed by atoms with Gasteiger partial charge in [-0.25, -0.2) is 0 Å². The summed E-state index contributed by atoms with van der Waals surface area (Å²) in [4.78, 5) is 1.57. The lowest BCUT2D eigenvalue weighted by Crippen LogP contribution is -2.26. The van der Waals surface area contributed by atoms with Gasteiger partial charge in [0.15, 0.2) is 0 Å². The van der Waals surface area contributed by atoms with E-state index in [9.17, 15) is 0 Å². The molecule has 2 heterocycles. The van der Waals surface area contributed by atoms with Crippen LogP contribution in [0, 0.1) is 0 Å². The molecular formula is C14H19N3S. The number of hydrogen-bond acceptors (Lipinski definition) is 3. The molecule has 2 aromatic heterocycles. The molecule has 0 radical (unpaired) electrons. The Morgan fingerprint density at radius 3 is 3.11 bits per heavy atom. The first-order valence-electron chi connectivity index (χ1n) is 6.52. The maximum absolute atomic E-state index is 4.57. The van der Waals surface area contributed by atoms with Crippen molar-refractivity contribution in [3.8, 4) is 0 Å². The Balaban J connectivity index is 1.94. The molecule has 0 saturated carbocycles. The van der Waals surface area contributed by atoms with Crippen LogP contribution >= 0.6 is 11.3 Å². The van der Waals surface area contributed by atoms with E-state index in [1.165, 1.54) is 24.8 Å². The third kappa shape index (κ3) is 1.99. The molecule has 0 amide bonds. The lowest BCUT2D eigenvalue weighted by atomic mass is 9.81. The van der Waals surface area contributed by atoms with Gasteiger partial charge in [-0.15, -0.1) is 11.3 Å². The van der Waals surface area contributed by atoms with E-state index in [1.54, 1.807) is 4.88 Å². The second-order valence-electron chi connectivity index (χ2n) is 4.98. The van der Waals surface area contributed by atoms with Crippen LogP contribution in [0.2, 0.25) is 0 Å². The van der Waals surface area contributed by atoms with Crippen LogP contribution in [0.3, 0.4) is 0 Å². The molecule has 2 unspecified atom stereocenters. The van der Waals surface area contributed by atoms with Gasteiger partial charge in [0.1, 0.15) is 0 Å². The predicted molar refractivity (Wildman–Crippen MR) is 75.0 cm³/mol. The third-order valence-electron chi connectivity index (χ3n) is 3.86. The highest BCUT2D eigenvalue weighted by atomic mass is 32.1. The summed E-state index contributed by atoms with van der Waals surface area (Å²) in [5.74, 6) is 0.569. The quantitative estimate of drug-likeness (QED) is 0.920. The molecule has 3 nitrogen and oxygen atoms in total. The van der Waals surface area contributed by atoms with Crippen molar-refractivity contribution < 1.29 is 0 Å². The molecule has 1 aliphatic rings. The summed E-state index contributed by atoms with van der Waals surface area (Å²) < 4.78 is 1.89. The third-order valence-corrected chi connectivity index (χ3v) is 4.86. The molecule has 0 saturated heterocycles. The van der Waals surface area contributed by atoms with Gasteiger partial charge < -0.3 is 5.32 Å². The number of nitrogens with one attached hydrogen (secondary N) is 1. The number of likely N-dealkylation sites (N-methyl/N-ethyl adjacent to an activating group) is 1. The van der Waals surface area contributed by atoms with Crippen molar-refractivity contribution in [3.63, 3.8) is 0 Å². The Morgan fingerprint density at radius 1 is 1.50 bits per heavy atom. The lowest BCUT2D eigenvalue weighted by Gasteiger charge is -2.29. The number of rotatable bonds is 3. The van der Waals surface area contributed by atoms with Crippen LogP contribution in [0.4, 0.5) is 0 Å². The van der Waals surface area contributed by atoms with E-state index in [0.29, 0.717) is 12.0 Å². The number of nitrogens with zero attached hydrogens (tertiary/aromatic N) is 2. The first-order chi connectivity index (χ1) is 8.79. The van der Waals surface area contributed by atoms with E-state index < -0.39 is 0 Å². The molecule has 2 atom stereocenters. The molecule has 0 bridgehead atoms. The average molecular weight is 261 g/mol. The molecule has 96 valence electrons. The summed E-state index contributed by atoms with van der Waals surface area (Å²) in [6.07, 6.45) is 5.83. The topological polar surface area (TPSA) is 29.9 Å². The largest absolute Gasteiger partial charge is 0.311 e. The van der Waals surface area contributed by atoms with Crippen LogP contribution in [-0.2, 0) is 13.5 Å². The average Bonchev–Trinajstić information content (AvgIpc) is 2.99. The van der Waals surface area contributed by atoms with E-state index in [-0.39, 0.29) is 0 Å². The van der Waals surface area contributed by atoms with Crippen LogP contribution in [-0.4, -0.2) is 16.8 Å². The molecule has 1 aliphatic carbocycles. The fraction of sp³-hybridized carbons (Fsp3) is 0.500. The van der Waals surface area contributed by atoms with Gasteiger partial charge in [0.25, 0.3) is 0 Å². The number of aromatic nitrogens is 2. The second-order valence-corrected chi connectivity index (χ2v) is 5.98.